The standard InChI is InChI=1S/C11H13BO4/c1-2-16-11(13)7-6-9-4-3-5-10(8-9)12(14)15/h3-8,14-15H,2H2,1H3. The van der Waals surface area contributed by atoms with E-state index in [2.05, 4.69) is 0 Å². The van der Waals surface area contributed by atoms with Gasteiger partial charge in [-0.3, -0.25) is 0 Å². The van der Waals surface area contributed by atoms with E-state index >= 15 is 0 Å². The molecular weight excluding hydrogens is 207 g/mol. The van der Waals surface area contributed by atoms with Crippen LogP contribution in [0.1, 0.15) is 12.5 Å². The zero-order valence-electron chi connectivity index (χ0n) is 8.96. The minimum atomic E-state index is -1.50. The van der Waals surface area contributed by atoms with Crippen LogP contribution < -0.4 is 5.46 Å². The van der Waals surface area contributed by atoms with E-state index in [1.165, 1.54) is 6.08 Å². The molecule has 0 unspecified atom stereocenters. The summed E-state index contributed by atoms with van der Waals surface area (Å²) in [5, 5.41) is 17.9. The second kappa shape index (κ2) is 6.10. The van der Waals surface area contributed by atoms with Crippen LogP contribution in [0.3, 0.4) is 0 Å². The van der Waals surface area contributed by atoms with Gasteiger partial charge in [-0.15, -0.1) is 0 Å². The first-order valence-electron chi connectivity index (χ1n) is 4.94. The molecule has 0 aliphatic carbocycles. The van der Waals surface area contributed by atoms with Gasteiger partial charge in [0.25, 0.3) is 0 Å². The van der Waals surface area contributed by atoms with Crippen LogP contribution in [-0.2, 0) is 9.53 Å². The Morgan fingerprint density at radius 3 is 2.88 bits per heavy atom. The van der Waals surface area contributed by atoms with Gasteiger partial charge in [0, 0.05) is 6.08 Å². The molecule has 84 valence electrons. The van der Waals surface area contributed by atoms with Gasteiger partial charge in [0.05, 0.1) is 6.61 Å². The number of rotatable bonds is 4. The van der Waals surface area contributed by atoms with Crippen molar-refractivity contribution < 1.29 is 19.6 Å². The van der Waals surface area contributed by atoms with E-state index < -0.39 is 13.1 Å². The lowest BCUT2D eigenvalue weighted by molar-refractivity contribution is -0.137. The van der Waals surface area contributed by atoms with Crippen LogP contribution in [0.4, 0.5) is 0 Å². The fourth-order valence-electron chi connectivity index (χ4n) is 1.18. The number of esters is 1. The molecule has 1 aromatic rings. The Kier molecular flexibility index (Phi) is 4.76. The van der Waals surface area contributed by atoms with Gasteiger partial charge in [0.1, 0.15) is 0 Å². The number of ether oxygens (including phenoxy) is 1. The lowest BCUT2D eigenvalue weighted by Gasteiger charge is -2.00. The van der Waals surface area contributed by atoms with Crippen LogP contribution in [0.15, 0.2) is 30.3 Å². The summed E-state index contributed by atoms with van der Waals surface area (Å²) in [5.41, 5.74) is 1.09. The summed E-state index contributed by atoms with van der Waals surface area (Å²) < 4.78 is 4.72. The van der Waals surface area contributed by atoms with E-state index in [9.17, 15) is 4.79 Å². The van der Waals surface area contributed by atoms with Gasteiger partial charge < -0.3 is 14.8 Å². The predicted molar refractivity (Wildman–Crippen MR) is 61.9 cm³/mol. The molecule has 2 N–H and O–H groups in total. The Hall–Kier alpha value is -1.59. The van der Waals surface area contributed by atoms with Crippen molar-refractivity contribution in [1.29, 1.82) is 0 Å². The number of carbonyl (C=O) groups is 1. The number of carbonyl (C=O) groups excluding carboxylic acids is 1. The molecule has 1 rings (SSSR count). The van der Waals surface area contributed by atoms with Crippen molar-refractivity contribution in [3.63, 3.8) is 0 Å². The molecule has 0 saturated carbocycles. The molecule has 16 heavy (non-hydrogen) atoms. The van der Waals surface area contributed by atoms with E-state index in [4.69, 9.17) is 14.8 Å². The van der Waals surface area contributed by atoms with Gasteiger partial charge in [-0.1, -0.05) is 24.3 Å². The molecule has 0 aliphatic heterocycles. The Labute approximate surface area is 94.3 Å². The second-order valence-corrected chi connectivity index (χ2v) is 3.13. The Bertz CT molecular complexity index is 387. The highest BCUT2D eigenvalue weighted by molar-refractivity contribution is 6.58. The number of hydrogen-bond donors (Lipinski definition) is 2. The maximum absolute atomic E-state index is 11.0. The molecule has 0 atom stereocenters. The van der Waals surface area contributed by atoms with Crippen LogP contribution >= 0.6 is 0 Å². The Morgan fingerprint density at radius 2 is 2.25 bits per heavy atom. The quantitative estimate of drug-likeness (QED) is 0.424. The van der Waals surface area contributed by atoms with Crippen LogP contribution in [-0.4, -0.2) is 29.7 Å². The maximum atomic E-state index is 11.0. The van der Waals surface area contributed by atoms with Crippen LogP contribution in [0.2, 0.25) is 0 Å². The normalized spacial score (nSPS) is 10.4. The van der Waals surface area contributed by atoms with E-state index in [0.717, 1.165) is 0 Å². The smallest absolute Gasteiger partial charge is 0.463 e. The molecule has 0 amide bonds. The first-order chi connectivity index (χ1) is 7.63. The summed E-state index contributed by atoms with van der Waals surface area (Å²) >= 11 is 0. The summed E-state index contributed by atoms with van der Waals surface area (Å²) in [6.45, 7) is 2.06. The highest BCUT2D eigenvalue weighted by Gasteiger charge is 2.09. The van der Waals surface area contributed by atoms with E-state index in [-0.39, 0.29) is 0 Å². The first-order valence-corrected chi connectivity index (χ1v) is 4.94. The minimum Gasteiger partial charge on any atom is -0.463 e. The molecule has 0 aliphatic rings. The Morgan fingerprint density at radius 1 is 1.50 bits per heavy atom. The summed E-state index contributed by atoms with van der Waals surface area (Å²) in [4.78, 5) is 11.0. The molecular formula is C11H13BO4. The summed E-state index contributed by atoms with van der Waals surface area (Å²) in [7, 11) is -1.50. The van der Waals surface area contributed by atoms with E-state index in [1.54, 1.807) is 37.3 Å². The van der Waals surface area contributed by atoms with Crippen molar-refractivity contribution >= 4 is 24.6 Å². The molecule has 5 heteroatoms. The lowest BCUT2D eigenvalue weighted by atomic mass is 9.79. The fourth-order valence-corrected chi connectivity index (χ4v) is 1.18. The maximum Gasteiger partial charge on any atom is 0.488 e. The highest BCUT2D eigenvalue weighted by Crippen LogP contribution is 2.00. The SMILES string of the molecule is CCOC(=O)C=Cc1cccc(B(O)O)c1. The molecule has 0 bridgehead atoms. The number of benzene rings is 1. The van der Waals surface area contributed by atoms with Crippen LogP contribution in [0, 0.1) is 0 Å². The molecule has 0 heterocycles. The Balaban J connectivity index is 2.74. The van der Waals surface area contributed by atoms with Crippen LogP contribution in [0.25, 0.3) is 6.08 Å². The fraction of sp³-hybridized carbons (Fsp3) is 0.182. The third-order valence-electron chi connectivity index (χ3n) is 1.91. The molecule has 0 saturated heterocycles. The predicted octanol–water partition coefficient (Wildman–Crippen LogP) is -0.0573. The zero-order chi connectivity index (χ0) is 12.0. The third-order valence-corrected chi connectivity index (χ3v) is 1.91. The highest BCUT2D eigenvalue weighted by atomic mass is 16.5. The van der Waals surface area contributed by atoms with Gasteiger partial charge in [-0.2, -0.15) is 0 Å². The van der Waals surface area contributed by atoms with E-state index in [1.807, 2.05) is 0 Å². The van der Waals surface area contributed by atoms with Crippen molar-refractivity contribution in [3.8, 4) is 0 Å². The molecule has 4 nitrogen and oxygen atoms in total. The van der Waals surface area contributed by atoms with Crippen molar-refractivity contribution in [2.24, 2.45) is 0 Å². The molecule has 0 fully saturated rings. The van der Waals surface area contributed by atoms with Crippen molar-refractivity contribution in [1.82, 2.24) is 0 Å². The lowest BCUT2D eigenvalue weighted by Crippen LogP contribution is -2.29. The third kappa shape index (κ3) is 3.88. The second-order valence-electron chi connectivity index (χ2n) is 3.13. The first kappa shape index (κ1) is 12.5. The van der Waals surface area contributed by atoms with Crippen molar-refractivity contribution in [2.75, 3.05) is 6.61 Å². The zero-order valence-corrected chi connectivity index (χ0v) is 8.96. The monoisotopic (exact) mass is 220 g/mol. The average molecular weight is 220 g/mol. The summed E-state index contributed by atoms with van der Waals surface area (Å²) in [6, 6.07) is 6.61. The van der Waals surface area contributed by atoms with Gasteiger partial charge in [0.2, 0.25) is 0 Å². The minimum absolute atomic E-state index is 0.332. The largest absolute Gasteiger partial charge is 0.488 e. The molecule has 0 spiro atoms. The van der Waals surface area contributed by atoms with Gasteiger partial charge in [0.15, 0.2) is 0 Å². The van der Waals surface area contributed by atoms with Crippen molar-refractivity contribution in [2.45, 2.75) is 6.92 Å². The van der Waals surface area contributed by atoms with Gasteiger partial charge >= 0.3 is 13.1 Å². The van der Waals surface area contributed by atoms with Gasteiger partial charge in [-0.05, 0) is 24.0 Å². The molecule has 0 radical (unpaired) electrons. The topological polar surface area (TPSA) is 66.8 Å². The molecule has 0 aromatic heterocycles. The molecule has 1 aromatic carbocycles. The van der Waals surface area contributed by atoms with Crippen molar-refractivity contribution in [3.05, 3.63) is 35.9 Å². The average Bonchev–Trinajstić information content (AvgIpc) is 2.27. The summed E-state index contributed by atoms with van der Waals surface area (Å²) in [5.74, 6) is -0.419. The number of hydrogen-bond acceptors (Lipinski definition) is 4. The van der Waals surface area contributed by atoms with E-state index in [0.29, 0.717) is 17.6 Å². The van der Waals surface area contributed by atoms with Crippen LogP contribution in [0.5, 0.6) is 0 Å². The van der Waals surface area contributed by atoms with Gasteiger partial charge in [-0.25, -0.2) is 4.79 Å². The summed E-state index contributed by atoms with van der Waals surface area (Å²) in [6.07, 6.45) is 2.86.